The molecule has 106 valence electrons. The minimum absolute atomic E-state index is 0.360. The van der Waals surface area contributed by atoms with Gasteiger partial charge in [-0.05, 0) is 24.3 Å². The topological polar surface area (TPSA) is 102 Å². The van der Waals surface area contributed by atoms with Gasteiger partial charge in [0.25, 0.3) is 10.0 Å². The van der Waals surface area contributed by atoms with Crippen molar-refractivity contribution in [2.75, 3.05) is 13.7 Å². The van der Waals surface area contributed by atoms with Crippen molar-refractivity contribution in [3.8, 4) is 11.5 Å². The minimum Gasteiger partial charge on any atom is -0.497 e. The molecule has 0 atom stereocenters. The second-order valence-electron chi connectivity index (χ2n) is 3.82. The number of hydrogen-bond donors (Lipinski definition) is 1. The number of hydrogen-bond acceptors (Lipinski definition) is 5. The van der Waals surface area contributed by atoms with E-state index in [9.17, 15) is 13.2 Å². The molecule has 0 unspecified atom stereocenters. The lowest BCUT2D eigenvalue weighted by Gasteiger charge is -2.07. The Labute approximate surface area is 115 Å². The normalized spacial score (nSPS) is 16.2. The van der Waals surface area contributed by atoms with E-state index in [0.29, 0.717) is 11.5 Å². The molecule has 7 nitrogen and oxygen atoms in total. The molecule has 0 spiro atoms. The van der Waals surface area contributed by atoms with Crippen LogP contribution in [-0.4, -0.2) is 39.4 Å². The van der Waals surface area contributed by atoms with E-state index in [4.69, 9.17) is 14.6 Å². The van der Waals surface area contributed by atoms with Crippen LogP contribution >= 0.6 is 0 Å². The van der Waals surface area contributed by atoms with Gasteiger partial charge in [-0.3, -0.25) is 0 Å². The molecule has 0 saturated heterocycles. The molecule has 0 saturated carbocycles. The molecule has 0 aliphatic carbocycles. The zero-order valence-corrected chi connectivity index (χ0v) is 11.3. The Morgan fingerprint density at radius 2 is 1.85 bits per heavy atom. The van der Waals surface area contributed by atoms with Crippen LogP contribution in [0.2, 0.25) is 0 Å². The third-order valence-electron chi connectivity index (χ3n) is 2.59. The lowest BCUT2D eigenvalue weighted by atomic mass is 10.3. The maximum atomic E-state index is 11.6. The van der Waals surface area contributed by atoms with Crippen LogP contribution in [0.3, 0.4) is 0 Å². The van der Waals surface area contributed by atoms with E-state index >= 15 is 0 Å². The molecule has 20 heavy (non-hydrogen) atoms. The standard InChI is InChI=1S/C12H11NO6S/c1-18-8-2-4-9(5-3-8)19-7-11-10(12(14)15)6-13-20(11,16)17/h2-6H,7H2,1H3,(H,14,15). The van der Waals surface area contributed by atoms with Crippen molar-refractivity contribution in [2.45, 2.75) is 0 Å². The third-order valence-corrected chi connectivity index (χ3v) is 3.94. The van der Waals surface area contributed by atoms with Gasteiger partial charge in [0.15, 0.2) is 0 Å². The SMILES string of the molecule is COc1ccc(OCC2=C(C(=O)O)C=NS2(=O)=O)cc1. The second kappa shape index (κ2) is 5.33. The van der Waals surface area contributed by atoms with Gasteiger partial charge in [0.2, 0.25) is 0 Å². The van der Waals surface area contributed by atoms with Crippen LogP contribution in [0.5, 0.6) is 11.5 Å². The highest BCUT2D eigenvalue weighted by Gasteiger charge is 2.30. The summed E-state index contributed by atoms with van der Waals surface area (Å²) in [5.74, 6) is -0.340. The van der Waals surface area contributed by atoms with E-state index in [-0.39, 0.29) is 10.5 Å². The molecule has 2 rings (SSSR count). The Bertz CT molecular complexity index is 687. The molecule has 0 radical (unpaired) electrons. The zero-order valence-electron chi connectivity index (χ0n) is 10.4. The van der Waals surface area contributed by atoms with E-state index in [2.05, 4.69) is 4.40 Å². The Morgan fingerprint density at radius 1 is 1.25 bits per heavy atom. The number of nitrogens with zero attached hydrogens (tertiary/aromatic N) is 1. The fourth-order valence-electron chi connectivity index (χ4n) is 1.54. The fourth-order valence-corrected chi connectivity index (χ4v) is 2.54. The molecule has 8 heteroatoms. The molecule has 1 N–H and O–H groups in total. The van der Waals surface area contributed by atoms with E-state index < -0.39 is 22.6 Å². The Balaban J connectivity index is 2.16. The first-order valence-corrected chi connectivity index (χ1v) is 6.91. The van der Waals surface area contributed by atoms with Crippen LogP contribution in [0.25, 0.3) is 0 Å². The van der Waals surface area contributed by atoms with Crippen molar-refractivity contribution < 1.29 is 27.8 Å². The maximum absolute atomic E-state index is 11.6. The highest BCUT2D eigenvalue weighted by molar-refractivity contribution is 7.94. The number of sulfonamides is 1. The average molecular weight is 297 g/mol. The molecule has 0 amide bonds. The number of aliphatic carboxylic acids is 1. The van der Waals surface area contributed by atoms with Crippen molar-refractivity contribution in [2.24, 2.45) is 4.40 Å². The quantitative estimate of drug-likeness (QED) is 0.863. The number of carboxylic acid groups (broad SMARTS) is 1. The molecule has 1 aromatic rings. The first-order valence-electron chi connectivity index (χ1n) is 5.47. The molecule has 0 bridgehead atoms. The van der Waals surface area contributed by atoms with Gasteiger partial charge in [-0.2, -0.15) is 12.8 Å². The van der Waals surface area contributed by atoms with Crippen molar-refractivity contribution in [3.05, 3.63) is 34.7 Å². The van der Waals surface area contributed by atoms with Crippen LogP contribution in [0.15, 0.2) is 39.1 Å². The van der Waals surface area contributed by atoms with Crippen LogP contribution in [0.1, 0.15) is 0 Å². The molecule has 1 aliphatic rings. The third kappa shape index (κ3) is 2.80. The number of carboxylic acids is 1. The van der Waals surface area contributed by atoms with E-state index in [1.807, 2.05) is 0 Å². The lowest BCUT2D eigenvalue weighted by Crippen LogP contribution is -2.12. The molecular formula is C12H11NO6S. The smallest absolute Gasteiger partial charge is 0.338 e. The summed E-state index contributed by atoms with van der Waals surface area (Å²) in [5, 5.41) is 8.90. The van der Waals surface area contributed by atoms with Gasteiger partial charge >= 0.3 is 5.97 Å². The van der Waals surface area contributed by atoms with Crippen molar-refractivity contribution >= 4 is 22.2 Å². The molecule has 1 aromatic carbocycles. The summed E-state index contributed by atoms with van der Waals surface area (Å²) >= 11 is 0. The summed E-state index contributed by atoms with van der Waals surface area (Å²) in [6.45, 7) is -0.393. The van der Waals surface area contributed by atoms with Crippen LogP contribution < -0.4 is 9.47 Å². The van der Waals surface area contributed by atoms with Crippen molar-refractivity contribution in [3.63, 3.8) is 0 Å². The second-order valence-corrected chi connectivity index (χ2v) is 5.47. The molecule has 1 aliphatic heterocycles. The first-order chi connectivity index (χ1) is 9.44. The van der Waals surface area contributed by atoms with Gasteiger partial charge in [0.1, 0.15) is 23.0 Å². The summed E-state index contributed by atoms with van der Waals surface area (Å²) in [6.07, 6.45) is 0.810. The van der Waals surface area contributed by atoms with Crippen LogP contribution in [-0.2, 0) is 14.8 Å². The Kier molecular flexibility index (Phi) is 3.75. The molecule has 0 fully saturated rings. The van der Waals surface area contributed by atoms with E-state index in [1.54, 1.807) is 24.3 Å². The number of carbonyl (C=O) groups is 1. The van der Waals surface area contributed by atoms with Gasteiger partial charge < -0.3 is 14.6 Å². The number of methoxy groups -OCH3 is 1. The predicted octanol–water partition coefficient (Wildman–Crippen LogP) is 0.827. The van der Waals surface area contributed by atoms with Crippen LogP contribution in [0, 0.1) is 0 Å². The minimum atomic E-state index is -3.95. The summed E-state index contributed by atoms with van der Waals surface area (Å²) in [6, 6.07) is 6.45. The lowest BCUT2D eigenvalue weighted by molar-refractivity contribution is -0.132. The molecule has 0 aromatic heterocycles. The van der Waals surface area contributed by atoms with Crippen molar-refractivity contribution in [1.82, 2.24) is 0 Å². The Hall–Kier alpha value is -2.35. The summed E-state index contributed by atoms with van der Waals surface area (Å²) in [5.41, 5.74) is -0.376. The first kappa shape index (κ1) is 14.1. The summed E-state index contributed by atoms with van der Waals surface area (Å²) < 4.78 is 36.6. The van der Waals surface area contributed by atoms with Gasteiger partial charge in [-0.1, -0.05) is 0 Å². The largest absolute Gasteiger partial charge is 0.497 e. The fraction of sp³-hybridized carbons (Fsp3) is 0.167. The highest BCUT2D eigenvalue weighted by atomic mass is 32.2. The van der Waals surface area contributed by atoms with Crippen molar-refractivity contribution in [1.29, 1.82) is 0 Å². The molecule has 1 heterocycles. The average Bonchev–Trinajstić information content (AvgIpc) is 2.72. The van der Waals surface area contributed by atoms with Gasteiger partial charge in [0.05, 0.1) is 18.9 Å². The van der Waals surface area contributed by atoms with Crippen LogP contribution in [0.4, 0.5) is 0 Å². The maximum Gasteiger partial charge on any atom is 0.338 e. The van der Waals surface area contributed by atoms with E-state index in [0.717, 1.165) is 6.21 Å². The highest BCUT2D eigenvalue weighted by Crippen LogP contribution is 2.23. The number of ether oxygens (including phenoxy) is 2. The van der Waals surface area contributed by atoms with E-state index in [1.165, 1.54) is 7.11 Å². The molecular weight excluding hydrogens is 286 g/mol. The number of rotatable bonds is 5. The summed E-state index contributed by atoms with van der Waals surface area (Å²) in [4.78, 5) is 10.5. The Morgan fingerprint density at radius 3 is 2.40 bits per heavy atom. The van der Waals surface area contributed by atoms with Gasteiger partial charge in [0, 0.05) is 0 Å². The van der Waals surface area contributed by atoms with Gasteiger partial charge in [-0.25, -0.2) is 4.79 Å². The zero-order chi connectivity index (χ0) is 14.8. The van der Waals surface area contributed by atoms with Gasteiger partial charge in [-0.15, -0.1) is 0 Å². The monoisotopic (exact) mass is 297 g/mol. The summed E-state index contributed by atoms with van der Waals surface area (Å²) in [7, 11) is -2.43. The number of benzene rings is 1. The predicted molar refractivity (Wildman–Crippen MR) is 70.6 cm³/mol.